The van der Waals surface area contributed by atoms with Crippen molar-refractivity contribution in [3.8, 4) is 0 Å². The van der Waals surface area contributed by atoms with Gasteiger partial charge in [0.15, 0.2) is 0 Å². The normalized spacial score (nSPS) is 36.8. The van der Waals surface area contributed by atoms with E-state index in [-0.39, 0.29) is 0 Å². The van der Waals surface area contributed by atoms with Crippen molar-refractivity contribution in [2.75, 3.05) is 6.54 Å². The third kappa shape index (κ3) is 2.24. The Morgan fingerprint density at radius 2 is 1.95 bits per heavy atom. The Morgan fingerprint density at radius 1 is 1.10 bits per heavy atom. The van der Waals surface area contributed by atoms with Crippen LogP contribution in [0.2, 0.25) is 0 Å². The minimum atomic E-state index is 0.607. The van der Waals surface area contributed by atoms with Crippen LogP contribution in [0.15, 0.2) is 35.0 Å². The molecule has 1 aromatic heterocycles. The first-order valence-corrected chi connectivity index (χ1v) is 8.37. The maximum atomic E-state index is 5.73. The second kappa shape index (κ2) is 5.40. The Labute approximate surface area is 121 Å². The molecule has 0 saturated heterocycles. The molecule has 2 nitrogen and oxygen atoms in total. The standard InChI is InChI=1S/C18H25NO/c1-2-5-15(6-3-1)19-12-16-13-8-9-14(11-13)18(16)17-7-4-10-20-17/h4,7-10,13-16,18-19H,1-3,5-6,11-12H2. The van der Waals surface area contributed by atoms with Crippen LogP contribution in [-0.4, -0.2) is 12.6 Å². The lowest BCUT2D eigenvalue weighted by Crippen LogP contribution is -2.37. The van der Waals surface area contributed by atoms with Crippen molar-refractivity contribution in [2.24, 2.45) is 17.8 Å². The molecular weight excluding hydrogens is 246 g/mol. The van der Waals surface area contributed by atoms with E-state index in [1.165, 1.54) is 50.8 Å². The number of allylic oxidation sites excluding steroid dienone is 2. The Hall–Kier alpha value is -1.02. The average Bonchev–Trinajstić information content (AvgIpc) is 3.22. The summed E-state index contributed by atoms with van der Waals surface area (Å²) in [5, 5.41) is 3.86. The summed E-state index contributed by atoms with van der Waals surface area (Å²) < 4.78 is 5.73. The molecule has 0 aromatic carbocycles. The van der Waals surface area contributed by atoms with E-state index in [2.05, 4.69) is 23.5 Å². The highest BCUT2D eigenvalue weighted by atomic mass is 16.3. The zero-order valence-corrected chi connectivity index (χ0v) is 12.1. The van der Waals surface area contributed by atoms with Gasteiger partial charge in [0.2, 0.25) is 0 Å². The van der Waals surface area contributed by atoms with E-state index in [9.17, 15) is 0 Å². The van der Waals surface area contributed by atoms with Crippen molar-refractivity contribution in [2.45, 2.75) is 50.5 Å². The topological polar surface area (TPSA) is 25.2 Å². The van der Waals surface area contributed by atoms with Gasteiger partial charge in [-0.1, -0.05) is 31.4 Å². The van der Waals surface area contributed by atoms with Gasteiger partial charge in [-0.25, -0.2) is 0 Å². The fourth-order valence-corrected chi connectivity index (χ4v) is 4.72. The molecule has 2 bridgehead atoms. The third-order valence-electron chi connectivity index (χ3n) is 5.74. The minimum absolute atomic E-state index is 0.607. The molecule has 1 N–H and O–H groups in total. The highest BCUT2D eigenvalue weighted by Gasteiger charge is 2.46. The molecule has 0 amide bonds. The zero-order valence-electron chi connectivity index (χ0n) is 12.1. The van der Waals surface area contributed by atoms with Crippen molar-refractivity contribution < 1.29 is 4.42 Å². The smallest absolute Gasteiger partial charge is 0.107 e. The molecule has 0 spiro atoms. The van der Waals surface area contributed by atoms with E-state index in [0.717, 1.165) is 17.9 Å². The Kier molecular flexibility index (Phi) is 3.43. The summed E-state index contributed by atoms with van der Waals surface area (Å²) in [5.41, 5.74) is 0. The summed E-state index contributed by atoms with van der Waals surface area (Å²) in [6.45, 7) is 1.17. The van der Waals surface area contributed by atoms with Crippen LogP contribution < -0.4 is 5.32 Å². The van der Waals surface area contributed by atoms with E-state index in [4.69, 9.17) is 4.42 Å². The molecule has 1 aromatic rings. The van der Waals surface area contributed by atoms with E-state index >= 15 is 0 Å². The summed E-state index contributed by atoms with van der Waals surface area (Å²) in [6, 6.07) is 4.98. The van der Waals surface area contributed by atoms with Gasteiger partial charge in [0.1, 0.15) is 5.76 Å². The minimum Gasteiger partial charge on any atom is -0.469 e. The van der Waals surface area contributed by atoms with Crippen molar-refractivity contribution >= 4 is 0 Å². The van der Waals surface area contributed by atoms with Crippen LogP contribution in [0.25, 0.3) is 0 Å². The molecular formula is C18H25NO. The summed E-state index contributed by atoms with van der Waals surface area (Å²) in [6.07, 6.45) is 15.1. The van der Waals surface area contributed by atoms with E-state index in [0.29, 0.717) is 11.8 Å². The number of rotatable bonds is 4. The van der Waals surface area contributed by atoms with Crippen molar-refractivity contribution in [3.63, 3.8) is 0 Å². The molecule has 108 valence electrons. The van der Waals surface area contributed by atoms with Gasteiger partial charge in [-0.2, -0.15) is 0 Å². The van der Waals surface area contributed by atoms with Crippen molar-refractivity contribution in [1.29, 1.82) is 0 Å². The molecule has 2 heteroatoms. The second-order valence-corrected chi connectivity index (χ2v) is 6.90. The van der Waals surface area contributed by atoms with Gasteiger partial charge >= 0.3 is 0 Å². The number of hydrogen-bond donors (Lipinski definition) is 1. The quantitative estimate of drug-likeness (QED) is 0.834. The molecule has 4 atom stereocenters. The van der Waals surface area contributed by atoms with Crippen LogP contribution in [0.4, 0.5) is 0 Å². The first-order chi connectivity index (χ1) is 9.92. The molecule has 3 aliphatic rings. The van der Waals surface area contributed by atoms with Crippen molar-refractivity contribution in [1.82, 2.24) is 5.32 Å². The first kappa shape index (κ1) is 12.7. The summed E-state index contributed by atoms with van der Waals surface area (Å²) in [4.78, 5) is 0. The number of nitrogens with one attached hydrogen (secondary N) is 1. The van der Waals surface area contributed by atoms with Crippen LogP contribution >= 0.6 is 0 Å². The maximum Gasteiger partial charge on any atom is 0.107 e. The van der Waals surface area contributed by atoms with Gasteiger partial charge in [-0.15, -0.1) is 0 Å². The van der Waals surface area contributed by atoms with Gasteiger partial charge in [0.25, 0.3) is 0 Å². The molecule has 0 radical (unpaired) electrons. The summed E-state index contributed by atoms with van der Waals surface area (Å²) in [7, 11) is 0. The predicted octanol–water partition coefficient (Wildman–Crippen LogP) is 4.11. The number of hydrogen-bond acceptors (Lipinski definition) is 2. The monoisotopic (exact) mass is 271 g/mol. The Balaban J connectivity index is 1.44. The molecule has 3 aliphatic carbocycles. The van der Waals surface area contributed by atoms with E-state index in [1.54, 1.807) is 0 Å². The molecule has 4 rings (SSSR count). The van der Waals surface area contributed by atoms with Gasteiger partial charge in [0, 0.05) is 12.0 Å². The van der Waals surface area contributed by atoms with Crippen LogP contribution in [-0.2, 0) is 0 Å². The van der Waals surface area contributed by atoms with E-state index in [1.807, 2.05) is 12.3 Å². The van der Waals surface area contributed by atoms with Crippen LogP contribution in [0.1, 0.15) is 50.2 Å². The van der Waals surface area contributed by atoms with Gasteiger partial charge < -0.3 is 9.73 Å². The molecule has 2 fully saturated rings. The van der Waals surface area contributed by atoms with Crippen molar-refractivity contribution in [3.05, 3.63) is 36.3 Å². The third-order valence-corrected chi connectivity index (χ3v) is 5.74. The fourth-order valence-electron chi connectivity index (χ4n) is 4.72. The largest absolute Gasteiger partial charge is 0.469 e. The predicted molar refractivity (Wildman–Crippen MR) is 80.6 cm³/mol. The van der Waals surface area contributed by atoms with Crippen LogP contribution in [0.3, 0.4) is 0 Å². The maximum absolute atomic E-state index is 5.73. The summed E-state index contributed by atoms with van der Waals surface area (Å²) >= 11 is 0. The number of fused-ring (bicyclic) bond motifs is 2. The molecule has 4 unspecified atom stereocenters. The molecule has 20 heavy (non-hydrogen) atoms. The lowest BCUT2D eigenvalue weighted by atomic mass is 9.81. The average molecular weight is 271 g/mol. The zero-order chi connectivity index (χ0) is 13.4. The van der Waals surface area contributed by atoms with E-state index < -0.39 is 0 Å². The van der Waals surface area contributed by atoms with Crippen LogP contribution in [0, 0.1) is 17.8 Å². The fraction of sp³-hybridized carbons (Fsp3) is 0.667. The highest BCUT2D eigenvalue weighted by Crippen LogP contribution is 2.52. The molecule has 1 heterocycles. The van der Waals surface area contributed by atoms with Crippen LogP contribution in [0.5, 0.6) is 0 Å². The van der Waals surface area contributed by atoms with Gasteiger partial charge in [0.05, 0.1) is 6.26 Å². The first-order valence-electron chi connectivity index (χ1n) is 8.37. The Bertz CT molecular complexity index is 458. The highest BCUT2D eigenvalue weighted by molar-refractivity contribution is 5.23. The van der Waals surface area contributed by atoms with Gasteiger partial charge in [-0.3, -0.25) is 0 Å². The van der Waals surface area contributed by atoms with Gasteiger partial charge in [-0.05, 0) is 55.7 Å². The lowest BCUT2D eigenvalue weighted by molar-refractivity contribution is 0.291. The second-order valence-electron chi connectivity index (χ2n) is 6.90. The SMILES string of the molecule is C1=CC2CC1C(CNC1CCCCC1)C2c1ccco1. The molecule has 0 aliphatic heterocycles. The molecule has 2 saturated carbocycles. The number of furan rings is 1. The summed E-state index contributed by atoms with van der Waals surface area (Å²) in [5.74, 6) is 4.03. The lowest BCUT2D eigenvalue weighted by Gasteiger charge is -2.30. The Morgan fingerprint density at radius 3 is 2.75 bits per heavy atom.